The number of para-hydroxylation sites is 1. The molecule has 0 radical (unpaired) electrons. The SMILES string of the molecule is COc1ccc(CCN2C(=O)c3ccccc3[C@@H]2c2c[nH]c3ccccc23)cc1OC. The Bertz CT molecular complexity index is 1260. The molecule has 2 heterocycles. The predicted octanol–water partition coefficient (Wildman–Crippen LogP) is 4.97. The molecule has 0 spiro atoms. The van der Waals surface area contributed by atoms with Crippen molar-refractivity contribution in [1.82, 2.24) is 9.88 Å². The largest absolute Gasteiger partial charge is 0.493 e. The van der Waals surface area contributed by atoms with Crippen LogP contribution < -0.4 is 9.47 Å². The number of ether oxygens (including phenoxy) is 2. The minimum Gasteiger partial charge on any atom is -0.493 e. The highest BCUT2D eigenvalue weighted by Crippen LogP contribution is 2.41. The first-order valence-electron chi connectivity index (χ1n) is 10.4. The summed E-state index contributed by atoms with van der Waals surface area (Å²) in [6.45, 7) is 0.604. The van der Waals surface area contributed by atoms with Crippen LogP contribution in [0.5, 0.6) is 11.5 Å². The second kappa shape index (κ2) is 7.84. The number of fused-ring (bicyclic) bond motifs is 2. The van der Waals surface area contributed by atoms with E-state index in [2.05, 4.69) is 23.2 Å². The molecule has 4 aromatic rings. The molecule has 0 saturated heterocycles. The molecule has 0 aliphatic carbocycles. The van der Waals surface area contributed by atoms with Crippen LogP contribution in [0.15, 0.2) is 72.9 Å². The van der Waals surface area contributed by atoms with Gasteiger partial charge >= 0.3 is 0 Å². The normalized spacial score (nSPS) is 15.4. The first kappa shape index (κ1) is 19.2. The Balaban J connectivity index is 1.50. The van der Waals surface area contributed by atoms with Gasteiger partial charge in [0.2, 0.25) is 0 Å². The Morgan fingerprint density at radius 1 is 0.903 bits per heavy atom. The zero-order valence-corrected chi connectivity index (χ0v) is 17.6. The van der Waals surface area contributed by atoms with Crippen LogP contribution in [0, 0.1) is 0 Å². The van der Waals surface area contributed by atoms with E-state index in [1.54, 1.807) is 14.2 Å². The van der Waals surface area contributed by atoms with Crippen LogP contribution in [-0.2, 0) is 6.42 Å². The second-order valence-corrected chi connectivity index (χ2v) is 7.72. The van der Waals surface area contributed by atoms with Crippen LogP contribution in [0.4, 0.5) is 0 Å². The molecule has 3 aromatic carbocycles. The van der Waals surface area contributed by atoms with Crippen molar-refractivity contribution < 1.29 is 14.3 Å². The van der Waals surface area contributed by atoms with Crippen molar-refractivity contribution in [3.63, 3.8) is 0 Å². The molecule has 156 valence electrons. The lowest BCUT2D eigenvalue weighted by molar-refractivity contribution is 0.0752. The van der Waals surface area contributed by atoms with Gasteiger partial charge in [-0.25, -0.2) is 0 Å². The van der Waals surface area contributed by atoms with Gasteiger partial charge in [-0.2, -0.15) is 0 Å². The zero-order chi connectivity index (χ0) is 21.4. The third-order valence-electron chi connectivity index (χ3n) is 6.06. The molecule has 0 saturated carbocycles. The Kier molecular flexibility index (Phi) is 4.86. The van der Waals surface area contributed by atoms with Crippen LogP contribution in [0.2, 0.25) is 0 Å². The number of aromatic nitrogens is 1. The number of hydrogen-bond donors (Lipinski definition) is 1. The van der Waals surface area contributed by atoms with Gasteiger partial charge in [-0.15, -0.1) is 0 Å². The van der Waals surface area contributed by atoms with Crippen LogP contribution in [0.25, 0.3) is 10.9 Å². The summed E-state index contributed by atoms with van der Waals surface area (Å²) in [6, 6.07) is 22.0. The molecular formula is C26H24N2O3. The third kappa shape index (κ3) is 3.22. The number of nitrogens with zero attached hydrogens (tertiary/aromatic N) is 1. The van der Waals surface area contributed by atoms with E-state index < -0.39 is 0 Å². The van der Waals surface area contributed by atoms with Crippen molar-refractivity contribution in [2.75, 3.05) is 20.8 Å². The molecule has 5 heteroatoms. The van der Waals surface area contributed by atoms with Gasteiger partial charge in [0.25, 0.3) is 5.91 Å². The van der Waals surface area contributed by atoms with Crippen LogP contribution in [0.3, 0.4) is 0 Å². The number of hydrogen-bond acceptors (Lipinski definition) is 3. The first-order chi connectivity index (χ1) is 15.2. The molecule has 5 nitrogen and oxygen atoms in total. The molecule has 1 N–H and O–H groups in total. The molecule has 5 rings (SSSR count). The smallest absolute Gasteiger partial charge is 0.255 e. The third-order valence-corrected chi connectivity index (χ3v) is 6.06. The van der Waals surface area contributed by atoms with E-state index in [0.29, 0.717) is 18.0 Å². The zero-order valence-electron chi connectivity index (χ0n) is 17.6. The van der Waals surface area contributed by atoms with Crippen molar-refractivity contribution in [3.8, 4) is 11.5 Å². The highest BCUT2D eigenvalue weighted by atomic mass is 16.5. The minimum atomic E-state index is -0.111. The number of nitrogens with one attached hydrogen (secondary N) is 1. The van der Waals surface area contributed by atoms with Gasteiger partial charge in [0, 0.05) is 34.8 Å². The van der Waals surface area contributed by atoms with Crippen molar-refractivity contribution >= 4 is 16.8 Å². The number of H-pyrrole nitrogens is 1. The second-order valence-electron chi connectivity index (χ2n) is 7.72. The lowest BCUT2D eigenvalue weighted by Gasteiger charge is -2.25. The molecule has 1 aromatic heterocycles. The van der Waals surface area contributed by atoms with Crippen LogP contribution >= 0.6 is 0 Å². The average molecular weight is 412 g/mol. The topological polar surface area (TPSA) is 54.6 Å². The van der Waals surface area contributed by atoms with Crippen molar-refractivity contribution in [2.45, 2.75) is 12.5 Å². The molecule has 1 aliphatic rings. The maximum Gasteiger partial charge on any atom is 0.255 e. The van der Waals surface area contributed by atoms with E-state index in [9.17, 15) is 4.79 Å². The molecule has 0 fully saturated rings. The maximum absolute atomic E-state index is 13.4. The van der Waals surface area contributed by atoms with Gasteiger partial charge in [0.05, 0.1) is 20.3 Å². The molecule has 0 unspecified atom stereocenters. The Labute approximate surface area is 181 Å². The molecule has 31 heavy (non-hydrogen) atoms. The summed E-state index contributed by atoms with van der Waals surface area (Å²) in [5.41, 5.74) is 5.14. The van der Waals surface area contributed by atoms with Gasteiger partial charge in [-0.05, 0) is 41.8 Å². The minimum absolute atomic E-state index is 0.0753. The molecule has 1 aliphatic heterocycles. The summed E-state index contributed by atoms with van der Waals surface area (Å²) in [4.78, 5) is 18.7. The van der Waals surface area contributed by atoms with E-state index in [0.717, 1.165) is 39.6 Å². The molecular weight excluding hydrogens is 388 g/mol. The number of carbonyl (C=O) groups excluding carboxylic acids is 1. The van der Waals surface area contributed by atoms with Gasteiger partial charge in [0.15, 0.2) is 11.5 Å². The van der Waals surface area contributed by atoms with E-state index in [1.165, 1.54) is 0 Å². The van der Waals surface area contributed by atoms with Crippen LogP contribution in [0.1, 0.15) is 33.1 Å². The Morgan fingerprint density at radius 3 is 2.52 bits per heavy atom. The number of amides is 1. The van der Waals surface area contributed by atoms with Gasteiger partial charge < -0.3 is 19.4 Å². The van der Waals surface area contributed by atoms with Crippen molar-refractivity contribution in [2.24, 2.45) is 0 Å². The lowest BCUT2D eigenvalue weighted by atomic mass is 9.97. The van der Waals surface area contributed by atoms with E-state index in [1.807, 2.05) is 59.6 Å². The Hall–Kier alpha value is -3.73. The van der Waals surface area contributed by atoms with E-state index in [4.69, 9.17) is 9.47 Å². The summed E-state index contributed by atoms with van der Waals surface area (Å²) in [6.07, 6.45) is 2.76. The first-order valence-corrected chi connectivity index (χ1v) is 10.4. The van der Waals surface area contributed by atoms with Crippen molar-refractivity contribution in [3.05, 3.63) is 95.2 Å². The monoisotopic (exact) mass is 412 g/mol. The fraction of sp³-hybridized carbons (Fsp3) is 0.192. The van der Waals surface area contributed by atoms with Gasteiger partial charge in [-0.3, -0.25) is 4.79 Å². The van der Waals surface area contributed by atoms with E-state index >= 15 is 0 Å². The fourth-order valence-corrected chi connectivity index (χ4v) is 4.54. The average Bonchev–Trinajstić information content (AvgIpc) is 3.36. The molecule has 1 atom stereocenters. The summed E-state index contributed by atoms with van der Waals surface area (Å²) in [5, 5.41) is 1.15. The number of benzene rings is 3. The number of methoxy groups -OCH3 is 2. The maximum atomic E-state index is 13.4. The molecule has 0 bridgehead atoms. The van der Waals surface area contributed by atoms with Gasteiger partial charge in [0.1, 0.15) is 0 Å². The predicted molar refractivity (Wildman–Crippen MR) is 121 cm³/mol. The number of carbonyl (C=O) groups is 1. The molecule has 1 amide bonds. The highest BCUT2D eigenvalue weighted by Gasteiger charge is 2.38. The number of aromatic amines is 1. The summed E-state index contributed by atoms with van der Waals surface area (Å²) >= 11 is 0. The van der Waals surface area contributed by atoms with Gasteiger partial charge in [-0.1, -0.05) is 42.5 Å². The lowest BCUT2D eigenvalue weighted by Crippen LogP contribution is -2.30. The van der Waals surface area contributed by atoms with Crippen LogP contribution in [-0.4, -0.2) is 36.6 Å². The summed E-state index contributed by atoms with van der Waals surface area (Å²) in [5.74, 6) is 1.48. The Morgan fingerprint density at radius 2 is 1.68 bits per heavy atom. The quantitative estimate of drug-likeness (QED) is 0.486. The van der Waals surface area contributed by atoms with E-state index in [-0.39, 0.29) is 11.9 Å². The summed E-state index contributed by atoms with van der Waals surface area (Å²) < 4.78 is 10.8. The fourth-order valence-electron chi connectivity index (χ4n) is 4.54. The highest BCUT2D eigenvalue weighted by molar-refractivity contribution is 6.00. The number of rotatable bonds is 6. The van der Waals surface area contributed by atoms with Crippen molar-refractivity contribution in [1.29, 1.82) is 0 Å². The standard InChI is InChI=1S/C26H24N2O3/c1-30-23-12-11-17(15-24(23)31-2)13-14-28-25(19-8-3-4-9-20(19)26(28)29)21-16-27-22-10-6-5-7-18(21)22/h3-12,15-16,25,27H,13-14H2,1-2H3/t25-/m1/s1. The summed E-state index contributed by atoms with van der Waals surface area (Å²) in [7, 11) is 3.26.